The molecule has 0 spiro atoms. The van der Waals surface area contributed by atoms with Gasteiger partial charge in [0.25, 0.3) is 0 Å². The van der Waals surface area contributed by atoms with Gasteiger partial charge in [-0.15, -0.1) is 0 Å². The number of hydrogen-bond donors (Lipinski definition) is 1. The highest BCUT2D eigenvalue weighted by Gasteiger charge is 2.19. The molecule has 0 bridgehead atoms. The molecule has 0 aliphatic carbocycles. The predicted molar refractivity (Wildman–Crippen MR) is 105 cm³/mol. The van der Waals surface area contributed by atoms with Gasteiger partial charge in [-0.25, -0.2) is 0 Å². The number of halogens is 1. The minimum absolute atomic E-state index is 0.0658. The van der Waals surface area contributed by atoms with E-state index in [0.717, 1.165) is 38.3 Å². The summed E-state index contributed by atoms with van der Waals surface area (Å²) >= 11 is 6.09. The van der Waals surface area contributed by atoms with Crippen LogP contribution in [0.2, 0.25) is 5.02 Å². The second kappa shape index (κ2) is 8.70. The molecule has 2 aromatic rings. The lowest BCUT2D eigenvalue weighted by Crippen LogP contribution is -2.36. The third kappa shape index (κ3) is 4.54. The number of carbonyl (C=O) groups excluding carboxylic acids is 1. The highest BCUT2D eigenvalue weighted by molar-refractivity contribution is 6.33. The van der Waals surface area contributed by atoms with Crippen molar-refractivity contribution in [3.05, 3.63) is 59.1 Å². The molecule has 0 unspecified atom stereocenters. The van der Waals surface area contributed by atoms with Crippen molar-refractivity contribution in [2.75, 3.05) is 42.9 Å². The smallest absolute Gasteiger partial charge is 0.238 e. The van der Waals surface area contributed by atoms with Crippen LogP contribution >= 0.6 is 11.6 Å². The molecule has 1 amide bonds. The van der Waals surface area contributed by atoms with E-state index in [1.54, 1.807) is 12.1 Å². The van der Waals surface area contributed by atoms with Crippen molar-refractivity contribution in [3.8, 4) is 6.07 Å². The molecule has 0 radical (unpaired) electrons. The van der Waals surface area contributed by atoms with Crippen LogP contribution in [0.25, 0.3) is 0 Å². The van der Waals surface area contributed by atoms with E-state index < -0.39 is 0 Å². The Morgan fingerprint density at radius 3 is 2.65 bits per heavy atom. The van der Waals surface area contributed by atoms with Crippen molar-refractivity contribution in [1.29, 1.82) is 5.26 Å². The quantitative estimate of drug-likeness (QED) is 0.898. The molecule has 0 saturated carbocycles. The SMILES string of the molecule is N#Cc1ccccc1N1CCCN(CC(=O)Nc2ccccc2Cl)CC1. The standard InChI is InChI=1S/C20H21ClN4O/c21-17-7-2-3-8-18(17)23-20(26)15-24-10-5-11-25(13-12-24)19-9-4-1-6-16(19)14-22/h1-4,6-9H,5,10-13,15H2,(H,23,26). The molecule has 1 fully saturated rings. The maximum absolute atomic E-state index is 12.3. The van der Waals surface area contributed by atoms with E-state index in [9.17, 15) is 10.1 Å². The third-order valence-electron chi connectivity index (χ3n) is 4.47. The molecule has 3 rings (SSSR count). The molecule has 0 atom stereocenters. The van der Waals surface area contributed by atoms with Crippen molar-refractivity contribution in [2.45, 2.75) is 6.42 Å². The van der Waals surface area contributed by atoms with Gasteiger partial charge in [0.15, 0.2) is 0 Å². The Balaban J connectivity index is 1.58. The summed E-state index contributed by atoms with van der Waals surface area (Å²) in [6.07, 6.45) is 0.944. The van der Waals surface area contributed by atoms with E-state index in [4.69, 9.17) is 11.6 Å². The summed E-state index contributed by atoms with van der Waals surface area (Å²) in [6, 6.07) is 17.1. The highest BCUT2D eigenvalue weighted by atomic mass is 35.5. The maximum atomic E-state index is 12.3. The fourth-order valence-electron chi connectivity index (χ4n) is 3.17. The van der Waals surface area contributed by atoms with Gasteiger partial charge in [0.05, 0.1) is 28.5 Å². The summed E-state index contributed by atoms with van der Waals surface area (Å²) in [4.78, 5) is 16.7. The number of nitriles is 1. The number of para-hydroxylation sites is 2. The summed E-state index contributed by atoms with van der Waals surface area (Å²) in [5, 5.41) is 12.7. The molecular formula is C20H21ClN4O. The maximum Gasteiger partial charge on any atom is 0.238 e. The van der Waals surface area contributed by atoms with Crippen LogP contribution in [0.4, 0.5) is 11.4 Å². The van der Waals surface area contributed by atoms with Crippen LogP contribution in [0.5, 0.6) is 0 Å². The fraction of sp³-hybridized carbons (Fsp3) is 0.300. The Morgan fingerprint density at radius 1 is 1.08 bits per heavy atom. The molecule has 1 saturated heterocycles. The number of rotatable bonds is 4. The van der Waals surface area contributed by atoms with Crippen molar-refractivity contribution in [1.82, 2.24) is 4.90 Å². The number of nitrogens with one attached hydrogen (secondary N) is 1. The van der Waals surface area contributed by atoms with Crippen LogP contribution in [0.3, 0.4) is 0 Å². The Bertz CT molecular complexity index is 817. The molecule has 1 N–H and O–H groups in total. The molecule has 6 heteroatoms. The first kappa shape index (κ1) is 18.2. The largest absolute Gasteiger partial charge is 0.369 e. The second-order valence-corrected chi connectivity index (χ2v) is 6.68. The van der Waals surface area contributed by atoms with Crippen molar-refractivity contribution in [3.63, 3.8) is 0 Å². The number of nitrogens with zero attached hydrogens (tertiary/aromatic N) is 3. The number of anilines is 2. The molecule has 5 nitrogen and oxygen atoms in total. The minimum Gasteiger partial charge on any atom is -0.369 e. The first-order valence-corrected chi connectivity index (χ1v) is 9.06. The Labute approximate surface area is 158 Å². The van der Waals surface area contributed by atoms with Crippen LogP contribution in [0.1, 0.15) is 12.0 Å². The van der Waals surface area contributed by atoms with Crippen molar-refractivity contribution in [2.24, 2.45) is 0 Å². The van der Waals surface area contributed by atoms with Crippen LogP contribution < -0.4 is 10.2 Å². The molecular weight excluding hydrogens is 348 g/mol. The summed E-state index contributed by atoms with van der Waals surface area (Å²) in [7, 11) is 0. The summed E-state index contributed by atoms with van der Waals surface area (Å²) in [6.45, 7) is 3.62. The third-order valence-corrected chi connectivity index (χ3v) is 4.80. The van der Waals surface area contributed by atoms with E-state index in [0.29, 0.717) is 22.8 Å². The van der Waals surface area contributed by atoms with Crippen LogP contribution in [-0.2, 0) is 4.79 Å². The Hall–Kier alpha value is -2.55. The Morgan fingerprint density at radius 2 is 1.85 bits per heavy atom. The number of carbonyl (C=O) groups is 1. The van der Waals surface area contributed by atoms with Crippen molar-refractivity contribution >= 4 is 28.9 Å². The van der Waals surface area contributed by atoms with Gasteiger partial charge < -0.3 is 10.2 Å². The van der Waals surface area contributed by atoms with E-state index in [1.807, 2.05) is 36.4 Å². The van der Waals surface area contributed by atoms with Gasteiger partial charge in [0.2, 0.25) is 5.91 Å². The number of amides is 1. The van der Waals surface area contributed by atoms with Crippen LogP contribution in [0, 0.1) is 11.3 Å². The average molecular weight is 369 g/mol. The zero-order valence-corrected chi connectivity index (χ0v) is 15.2. The monoisotopic (exact) mass is 368 g/mol. The van der Waals surface area contributed by atoms with Crippen molar-refractivity contribution < 1.29 is 4.79 Å². The summed E-state index contributed by atoms with van der Waals surface area (Å²) in [5.41, 5.74) is 2.30. The topological polar surface area (TPSA) is 59.4 Å². The molecule has 2 aromatic carbocycles. The summed E-state index contributed by atoms with van der Waals surface area (Å²) < 4.78 is 0. The first-order chi connectivity index (χ1) is 12.7. The average Bonchev–Trinajstić information content (AvgIpc) is 2.89. The van der Waals surface area contributed by atoms with Gasteiger partial charge in [-0.05, 0) is 30.7 Å². The van der Waals surface area contributed by atoms with Crippen LogP contribution in [-0.4, -0.2) is 43.5 Å². The lowest BCUT2D eigenvalue weighted by molar-refractivity contribution is -0.117. The van der Waals surface area contributed by atoms with Crippen LogP contribution in [0.15, 0.2) is 48.5 Å². The molecule has 1 heterocycles. The second-order valence-electron chi connectivity index (χ2n) is 6.27. The van der Waals surface area contributed by atoms with Gasteiger partial charge in [0, 0.05) is 26.2 Å². The zero-order valence-electron chi connectivity index (χ0n) is 14.5. The Kier molecular flexibility index (Phi) is 6.11. The molecule has 26 heavy (non-hydrogen) atoms. The lowest BCUT2D eigenvalue weighted by Gasteiger charge is -2.24. The highest BCUT2D eigenvalue weighted by Crippen LogP contribution is 2.22. The molecule has 1 aliphatic rings. The van der Waals surface area contributed by atoms with Gasteiger partial charge in [-0.1, -0.05) is 35.9 Å². The zero-order chi connectivity index (χ0) is 18.4. The van der Waals surface area contributed by atoms with E-state index in [-0.39, 0.29) is 5.91 Å². The summed E-state index contributed by atoms with van der Waals surface area (Å²) in [5.74, 6) is -0.0658. The van der Waals surface area contributed by atoms with Gasteiger partial charge in [-0.2, -0.15) is 5.26 Å². The van der Waals surface area contributed by atoms with Gasteiger partial charge in [0.1, 0.15) is 6.07 Å². The van der Waals surface area contributed by atoms with E-state index in [1.165, 1.54) is 0 Å². The number of hydrogen-bond acceptors (Lipinski definition) is 4. The van der Waals surface area contributed by atoms with Gasteiger partial charge >= 0.3 is 0 Å². The normalized spacial score (nSPS) is 15.2. The van der Waals surface area contributed by atoms with Gasteiger partial charge in [-0.3, -0.25) is 9.69 Å². The fourth-order valence-corrected chi connectivity index (χ4v) is 3.35. The predicted octanol–water partition coefficient (Wildman–Crippen LogP) is 3.36. The molecule has 0 aromatic heterocycles. The number of benzene rings is 2. The minimum atomic E-state index is -0.0658. The van der Waals surface area contributed by atoms with E-state index >= 15 is 0 Å². The lowest BCUT2D eigenvalue weighted by atomic mass is 10.1. The first-order valence-electron chi connectivity index (χ1n) is 8.68. The van der Waals surface area contributed by atoms with E-state index in [2.05, 4.69) is 21.2 Å². The molecule has 134 valence electrons. The molecule has 1 aliphatic heterocycles.